The number of nitrogens with zero attached hydrogens (tertiary/aromatic N) is 2. The summed E-state index contributed by atoms with van der Waals surface area (Å²) in [5, 5.41) is 12.0. The summed E-state index contributed by atoms with van der Waals surface area (Å²) in [5.74, 6) is -2.13. The van der Waals surface area contributed by atoms with E-state index in [4.69, 9.17) is 4.74 Å². The Bertz CT molecular complexity index is 873. The third-order valence-electron chi connectivity index (χ3n) is 5.44. The van der Waals surface area contributed by atoms with Gasteiger partial charge < -0.3 is 10.1 Å². The number of piperidine rings is 1. The number of carbonyl (C=O) groups is 2. The van der Waals surface area contributed by atoms with Gasteiger partial charge in [0.1, 0.15) is 29.3 Å². The fourth-order valence-electron chi connectivity index (χ4n) is 4.26. The number of carbonyl (C=O) groups excluding carboxylic acids is 2. The molecule has 1 saturated heterocycles. The van der Waals surface area contributed by atoms with Crippen molar-refractivity contribution in [2.75, 3.05) is 0 Å². The Labute approximate surface area is 182 Å². The Morgan fingerprint density at radius 2 is 1.97 bits per heavy atom. The molecule has 1 aromatic rings. The van der Waals surface area contributed by atoms with Gasteiger partial charge >= 0.3 is 6.09 Å². The first-order valence-electron chi connectivity index (χ1n) is 9.85. The highest BCUT2D eigenvalue weighted by Gasteiger charge is 2.52. The Balaban J connectivity index is 1.74. The second kappa shape index (κ2) is 8.50. The fourth-order valence-corrected chi connectivity index (χ4v) is 4.66. The molecule has 2 amide bonds. The zero-order valence-corrected chi connectivity index (χ0v) is 18.6. The SMILES string of the molecule is CC(C)(C)OC(=O)N1[C@@H]2CC[C@@H](C2)[C@H]1C(=O)NC(C#N)Cc1c(F)cc(Br)cc1F. The summed E-state index contributed by atoms with van der Waals surface area (Å²) in [5.41, 5.74) is -0.979. The predicted octanol–water partition coefficient (Wildman–Crippen LogP) is 4.07. The van der Waals surface area contributed by atoms with Crippen LogP contribution >= 0.6 is 15.9 Å². The molecule has 9 heteroatoms. The van der Waals surface area contributed by atoms with Gasteiger partial charge in [0.05, 0.1) is 6.07 Å². The zero-order valence-electron chi connectivity index (χ0n) is 17.0. The van der Waals surface area contributed by atoms with Gasteiger partial charge in [0.25, 0.3) is 0 Å². The molecule has 0 aromatic heterocycles. The number of likely N-dealkylation sites (tertiary alicyclic amines) is 1. The topological polar surface area (TPSA) is 82.4 Å². The maximum Gasteiger partial charge on any atom is 0.411 e. The first kappa shape index (κ1) is 22.5. The third-order valence-corrected chi connectivity index (χ3v) is 5.90. The number of nitrogens with one attached hydrogen (secondary N) is 1. The van der Waals surface area contributed by atoms with E-state index in [0.717, 1.165) is 25.0 Å². The maximum atomic E-state index is 14.1. The molecule has 1 aliphatic carbocycles. The number of fused-ring (bicyclic) bond motifs is 2. The van der Waals surface area contributed by atoms with Crippen molar-refractivity contribution < 1.29 is 23.1 Å². The Morgan fingerprint density at radius 3 is 2.53 bits per heavy atom. The largest absolute Gasteiger partial charge is 0.444 e. The van der Waals surface area contributed by atoms with E-state index in [0.29, 0.717) is 6.42 Å². The second-order valence-corrected chi connectivity index (χ2v) is 9.72. The minimum absolute atomic E-state index is 0.0250. The summed E-state index contributed by atoms with van der Waals surface area (Å²) in [6, 6.07) is 2.13. The molecule has 4 atom stereocenters. The van der Waals surface area contributed by atoms with Gasteiger partial charge in [0, 0.05) is 22.5 Å². The highest BCUT2D eigenvalue weighted by molar-refractivity contribution is 9.10. The molecule has 3 rings (SSSR count). The van der Waals surface area contributed by atoms with Crippen LogP contribution in [0.15, 0.2) is 16.6 Å². The normalized spacial score (nSPS) is 23.8. The van der Waals surface area contributed by atoms with Crippen LogP contribution in [0.3, 0.4) is 0 Å². The molecule has 2 fully saturated rings. The minimum atomic E-state index is -1.14. The molecule has 1 unspecified atom stereocenters. The highest BCUT2D eigenvalue weighted by atomic mass is 79.9. The molecule has 2 bridgehead atoms. The molecular formula is C21H24BrF2N3O3. The van der Waals surface area contributed by atoms with E-state index in [1.807, 2.05) is 6.07 Å². The van der Waals surface area contributed by atoms with Crippen molar-refractivity contribution in [3.05, 3.63) is 33.8 Å². The van der Waals surface area contributed by atoms with Gasteiger partial charge in [-0.25, -0.2) is 13.6 Å². The zero-order chi connectivity index (χ0) is 22.2. The first-order valence-corrected chi connectivity index (χ1v) is 10.6. The fraction of sp³-hybridized carbons (Fsp3) is 0.571. The number of amides is 2. The number of hydrogen-bond donors (Lipinski definition) is 1. The molecule has 1 heterocycles. The lowest BCUT2D eigenvalue weighted by molar-refractivity contribution is -0.128. The van der Waals surface area contributed by atoms with E-state index in [-0.39, 0.29) is 28.4 Å². The van der Waals surface area contributed by atoms with Gasteiger partial charge in [-0.1, -0.05) is 15.9 Å². The monoisotopic (exact) mass is 483 g/mol. The average Bonchev–Trinajstić information content (AvgIpc) is 3.23. The molecule has 0 spiro atoms. The Hall–Kier alpha value is -2.21. The highest BCUT2D eigenvalue weighted by Crippen LogP contribution is 2.43. The molecule has 30 heavy (non-hydrogen) atoms. The van der Waals surface area contributed by atoms with Gasteiger partial charge in [0.2, 0.25) is 5.91 Å². The molecule has 1 aromatic carbocycles. The average molecular weight is 484 g/mol. The van der Waals surface area contributed by atoms with E-state index in [1.165, 1.54) is 4.90 Å². The summed E-state index contributed by atoms with van der Waals surface area (Å²) >= 11 is 3.01. The van der Waals surface area contributed by atoms with Crippen molar-refractivity contribution in [3.8, 4) is 6.07 Å². The van der Waals surface area contributed by atoms with Crippen molar-refractivity contribution >= 4 is 27.9 Å². The van der Waals surface area contributed by atoms with Gasteiger partial charge in [-0.15, -0.1) is 0 Å². The van der Waals surface area contributed by atoms with Crippen LogP contribution < -0.4 is 5.32 Å². The lowest BCUT2D eigenvalue weighted by atomic mass is 9.97. The summed E-state index contributed by atoms with van der Waals surface area (Å²) in [6.45, 7) is 5.25. The van der Waals surface area contributed by atoms with Crippen molar-refractivity contribution in [3.63, 3.8) is 0 Å². The lowest BCUT2D eigenvalue weighted by Gasteiger charge is -2.35. The maximum absolute atomic E-state index is 14.1. The van der Waals surface area contributed by atoms with Crippen molar-refractivity contribution in [1.82, 2.24) is 10.2 Å². The summed E-state index contributed by atoms with van der Waals surface area (Å²) in [4.78, 5) is 27.1. The van der Waals surface area contributed by atoms with Crippen LogP contribution in [0.25, 0.3) is 0 Å². The molecule has 6 nitrogen and oxygen atoms in total. The van der Waals surface area contributed by atoms with E-state index in [9.17, 15) is 23.6 Å². The quantitative estimate of drug-likeness (QED) is 0.699. The second-order valence-electron chi connectivity index (χ2n) is 8.80. The van der Waals surface area contributed by atoms with Crippen LogP contribution in [0.1, 0.15) is 45.6 Å². The van der Waals surface area contributed by atoms with Crippen molar-refractivity contribution in [2.45, 2.75) is 70.2 Å². The van der Waals surface area contributed by atoms with Crippen LogP contribution in [-0.2, 0) is 16.0 Å². The molecule has 1 aliphatic heterocycles. The number of halogens is 3. The van der Waals surface area contributed by atoms with Crippen molar-refractivity contribution in [1.29, 1.82) is 5.26 Å². The number of hydrogen-bond acceptors (Lipinski definition) is 4. The van der Waals surface area contributed by atoms with Crippen LogP contribution in [0.2, 0.25) is 0 Å². The van der Waals surface area contributed by atoms with Crippen LogP contribution in [0, 0.1) is 28.9 Å². The van der Waals surface area contributed by atoms with Gasteiger partial charge in [0.15, 0.2) is 0 Å². The van der Waals surface area contributed by atoms with E-state index >= 15 is 0 Å². The van der Waals surface area contributed by atoms with Crippen LogP contribution in [0.5, 0.6) is 0 Å². The Kier molecular flexibility index (Phi) is 6.37. The van der Waals surface area contributed by atoms with Crippen LogP contribution in [-0.4, -0.2) is 40.6 Å². The third kappa shape index (κ3) is 4.75. The number of ether oxygens (including phenoxy) is 1. The smallest absolute Gasteiger partial charge is 0.411 e. The number of benzene rings is 1. The van der Waals surface area contributed by atoms with Gasteiger partial charge in [-0.2, -0.15) is 5.26 Å². The van der Waals surface area contributed by atoms with E-state index in [1.54, 1.807) is 20.8 Å². The van der Waals surface area contributed by atoms with E-state index < -0.39 is 41.3 Å². The Morgan fingerprint density at radius 1 is 1.33 bits per heavy atom. The van der Waals surface area contributed by atoms with Gasteiger partial charge in [-0.05, 0) is 58.1 Å². The standard InChI is InChI=1S/C21H24BrF2N3O3/c1-21(2,3)30-20(29)27-14-5-4-11(6-14)18(27)19(28)26-13(10-25)9-15-16(23)7-12(22)8-17(15)24/h7-8,11,13-14,18H,4-6,9H2,1-3H3,(H,26,28)/t11-,13?,14+,18-/m0/s1. The summed E-state index contributed by atoms with van der Waals surface area (Å²) in [6.07, 6.45) is 1.42. The minimum Gasteiger partial charge on any atom is -0.444 e. The van der Waals surface area contributed by atoms with Crippen LogP contribution in [0.4, 0.5) is 13.6 Å². The summed E-state index contributed by atoms with van der Waals surface area (Å²) in [7, 11) is 0. The van der Waals surface area contributed by atoms with Gasteiger partial charge in [-0.3, -0.25) is 9.69 Å². The molecule has 2 aliphatic rings. The van der Waals surface area contributed by atoms with Crippen molar-refractivity contribution in [2.24, 2.45) is 5.92 Å². The molecule has 1 saturated carbocycles. The molecule has 162 valence electrons. The molecule has 1 N–H and O–H groups in total. The predicted molar refractivity (Wildman–Crippen MR) is 108 cm³/mol. The van der Waals surface area contributed by atoms with E-state index in [2.05, 4.69) is 21.2 Å². The molecule has 0 radical (unpaired) electrons. The molecular weight excluding hydrogens is 460 g/mol. The number of rotatable bonds is 4. The number of nitriles is 1. The first-order chi connectivity index (χ1) is 14.0. The summed E-state index contributed by atoms with van der Waals surface area (Å²) < 4.78 is 34.0. The lowest BCUT2D eigenvalue weighted by Crippen LogP contribution is -2.55.